The Balaban J connectivity index is 2.12. The van der Waals surface area contributed by atoms with Crippen molar-refractivity contribution in [2.45, 2.75) is 99.6 Å². The SMILES string of the molecule is BC1(C)CCCC2(S)C(C)C(S)C(CC1S)C1CCCC(C)C2(C)C1. The average molecular weight is 399 g/mol. The third-order valence-electron chi connectivity index (χ3n) is 9.06. The van der Waals surface area contributed by atoms with E-state index in [0.717, 1.165) is 11.8 Å². The quantitative estimate of drug-likeness (QED) is 0.337. The average Bonchev–Trinajstić information content (AvgIpc) is 2.72. The van der Waals surface area contributed by atoms with Crippen molar-refractivity contribution in [1.29, 1.82) is 0 Å². The fraction of sp³-hybridized carbons (Fsp3) is 1.00. The number of thiol groups is 3. The first kappa shape index (κ1) is 20.8. The number of fused-ring (bicyclic) bond motifs is 7. The minimum absolute atomic E-state index is 0.107. The van der Waals surface area contributed by atoms with Crippen LogP contribution in [-0.2, 0) is 0 Å². The molecule has 0 spiro atoms. The summed E-state index contributed by atoms with van der Waals surface area (Å²) in [7, 11) is 2.43. The molecule has 0 aromatic rings. The maximum absolute atomic E-state index is 5.56. The molecule has 3 aliphatic carbocycles. The Morgan fingerprint density at radius 3 is 2.36 bits per heavy atom. The Morgan fingerprint density at radius 2 is 1.68 bits per heavy atom. The molecular formula is C21H39BS3. The zero-order valence-electron chi connectivity index (χ0n) is 17.0. The van der Waals surface area contributed by atoms with Crippen LogP contribution in [0.4, 0.5) is 0 Å². The van der Waals surface area contributed by atoms with Gasteiger partial charge < -0.3 is 0 Å². The predicted octanol–water partition coefficient (Wildman–Crippen LogP) is 5.74. The van der Waals surface area contributed by atoms with Crippen molar-refractivity contribution in [2.75, 3.05) is 0 Å². The van der Waals surface area contributed by atoms with Crippen LogP contribution < -0.4 is 0 Å². The van der Waals surface area contributed by atoms with Gasteiger partial charge in [0.15, 0.2) is 0 Å². The molecule has 0 amide bonds. The molecule has 144 valence electrons. The van der Waals surface area contributed by atoms with Crippen LogP contribution in [0, 0.1) is 29.1 Å². The van der Waals surface area contributed by atoms with Gasteiger partial charge in [0, 0.05) is 15.2 Å². The molecule has 0 radical (unpaired) electrons. The zero-order chi connectivity index (χ0) is 18.6. The summed E-state index contributed by atoms with van der Waals surface area (Å²) < 4.78 is 0.107. The van der Waals surface area contributed by atoms with Gasteiger partial charge in [-0.25, -0.2) is 0 Å². The van der Waals surface area contributed by atoms with E-state index < -0.39 is 0 Å². The van der Waals surface area contributed by atoms with Crippen LogP contribution in [0.15, 0.2) is 0 Å². The fourth-order valence-electron chi connectivity index (χ4n) is 6.68. The summed E-state index contributed by atoms with van der Waals surface area (Å²) in [6, 6.07) is 0. The first-order valence-corrected chi connectivity index (χ1v) is 12.1. The monoisotopic (exact) mass is 398 g/mol. The summed E-state index contributed by atoms with van der Waals surface area (Å²) in [6.07, 6.45) is 10.5. The summed E-state index contributed by atoms with van der Waals surface area (Å²) in [4.78, 5) is 0. The van der Waals surface area contributed by atoms with Gasteiger partial charge in [-0.05, 0) is 53.7 Å². The molecule has 0 heterocycles. The van der Waals surface area contributed by atoms with Crippen molar-refractivity contribution in [3.63, 3.8) is 0 Å². The molecule has 25 heavy (non-hydrogen) atoms. The fourth-order valence-corrected chi connectivity index (χ4v) is 8.42. The van der Waals surface area contributed by atoms with E-state index in [2.05, 4.69) is 35.5 Å². The molecule has 3 saturated carbocycles. The molecule has 0 saturated heterocycles. The molecule has 3 aliphatic rings. The second kappa shape index (κ2) is 7.18. The van der Waals surface area contributed by atoms with Gasteiger partial charge in [0.25, 0.3) is 0 Å². The van der Waals surface area contributed by atoms with Gasteiger partial charge >= 0.3 is 0 Å². The lowest BCUT2D eigenvalue weighted by atomic mass is 9.58. The Kier molecular flexibility index (Phi) is 5.98. The number of rotatable bonds is 0. The lowest BCUT2D eigenvalue weighted by Gasteiger charge is -2.53. The number of hydrogen-bond acceptors (Lipinski definition) is 3. The molecule has 3 rings (SSSR count). The third kappa shape index (κ3) is 3.37. The standard InChI is InChI=1S/C21H39BS3/c1-13-7-5-8-15-12-19(13,3)21(25)10-6-9-20(4,22)17(23)11-16(15)18(24)14(21)2/h13-18,23-25H,5-12,22H2,1-4H3. The van der Waals surface area contributed by atoms with Crippen LogP contribution in [0.5, 0.6) is 0 Å². The largest absolute Gasteiger partial charge is 0.176 e. The Morgan fingerprint density at radius 1 is 1.00 bits per heavy atom. The maximum Gasteiger partial charge on any atom is 0.110 e. The molecule has 9 atom stereocenters. The summed E-state index contributed by atoms with van der Waals surface area (Å²) in [5.41, 5.74) is 0.326. The molecule has 4 bridgehead atoms. The molecule has 0 aromatic carbocycles. The lowest BCUT2D eigenvalue weighted by molar-refractivity contribution is 0.0798. The van der Waals surface area contributed by atoms with E-state index in [1.165, 1.54) is 51.4 Å². The Labute approximate surface area is 174 Å². The van der Waals surface area contributed by atoms with Crippen molar-refractivity contribution in [1.82, 2.24) is 0 Å². The molecule has 0 aromatic heterocycles. The highest BCUT2D eigenvalue weighted by atomic mass is 32.1. The van der Waals surface area contributed by atoms with E-state index in [9.17, 15) is 0 Å². The molecule has 0 aliphatic heterocycles. The van der Waals surface area contributed by atoms with Crippen molar-refractivity contribution in [3.8, 4) is 0 Å². The van der Waals surface area contributed by atoms with E-state index in [1.54, 1.807) is 0 Å². The maximum atomic E-state index is 5.56. The van der Waals surface area contributed by atoms with Gasteiger partial charge in [-0.2, -0.15) is 37.9 Å². The van der Waals surface area contributed by atoms with Gasteiger partial charge in [0.2, 0.25) is 0 Å². The topological polar surface area (TPSA) is 0 Å². The summed E-state index contributed by atoms with van der Waals surface area (Å²) in [5.74, 6) is 2.81. The highest BCUT2D eigenvalue weighted by Crippen LogP contribution is 2.63. The lowest BCUT2D eigenvalue weighted by Crippen LogP contribution is -2.52. The Bertz CT molecular complexity index is 496. The summed E-state index contributed by atoms with van der Waals surface area (Å²) in [5, 5.41) is 1.25. The summed E-state index contributed by atoms with van der Waals surface area (Å²) >= 11 is 16.0. The first-order chi connectivity index (χ1) is 11.5. The van der Waals surface area contributed by atoms with Crippen LogP contribution in [0.1, 0.15) is 79.1 Å². The molecule has 0 nitrogen and oxygen atoms in total. The van der Waals surface area contributed by atoms with E-state index >= 15 is 0 Å². The minimum Gasteiger partial charge on any atom is -0.176 e. The van der Waals surface area contributed by atoms with Crippen molar-refractivity contribution in [2.24, 2.45) is 29.1 Å². The molecule has 3 fully saturated rings. The van der Waals surface area contributed by atoms with Crippen molar-refractivity contribution in [3.05, 3.63) is 0 Å². The van der Waals surface area contributed by atoms with Gasteiger partial charge in [-0.1, -0.05) is 59.8 Å². The van der Waals surface area contributed by atoms with Crippen LogP contribution in [-0.4, -0.2) is 23.1 Å². The highest BCUT2D eigenvalue weighted by molar-refractivity contribution is 7.82. The second-order valence-electron chi connectivity index (χ2n) is 10.7. The van der Waals surface area contributed by atoms with Crippen LogP contribution in [0.3, 0.4) is 0 Å². The van der Waals surface area contributed by atoms with E-state index in [1.807, 2.05) is 0 Å². The normalized spacial score (nSPS) is 57.6. The number of hydrogen-bond donors (Lipinski definition) is 3. The molecule has 0 N–H and O–H groups in total. The van der Waals surface area contributed by atoms with Crippen LogP contribution in [0.25, 0.3) is 0 Å². The predicted molar refractivity (Wildman–Crippen MR) is 125 cm³/mol. The summed E-state index contributed by atoms with van der Waals surface area (Å²) in [6.45, 7) is 10.00. The van der Waals surface area contributed by atoms with Gasteiger partial charge in [-0.3, -0.25) is 0 Å². The van der Waals surface area contributed by atoms with Crippen molar-refractivity contribution < 1.29 is 0 Å². The van der Waals surface area contributed by atoms with Crippen LogP contribution >= 0.6 is 37.9 Å². The van der Waals surface area contributed by atoms with Crippen molar-refractivity contribution >= 4 is 45.7 Å². The third-order valence-corrected chi connectivity index (χ3v) is 11.9. The van der Waals surface area contributed by atoms with E-state index in [-0.39, 0.29) is 4.75 Å². The minimum atomic E-state index is 0.107. The van der Waals surface area contributed by atoms with Gasteiger partial charge in [0.1, 0.15) is 7.85 Å². The smallest absolute Gasteiger partial charge is 0.110 e. The van der Waals surface area contributed by atoms with Gasteiger partial charge in [-0.15, -0.1) is 0 Å². The van der Waals surface area contributed by atoms with E-state index in [4.69, 9.17) is 37.9 Å². The zero-order valence-corrected chi connectivity index (χ0v) is 19.6. The highest BCUT2D eigenvalue weighted by Gasteiger charge is 2.58. The molecule has 4 heteroatoms. The van der Waals surface area contributed by atoms with E-state index in [0.29, 0.717) is 33.1 Å². The molecule has 9 unspecified atom stereocenters. The second-order valence-corrected chi connectivity index (χ2v) is 12.7. The Hall–Kier alpha value is 1.11. The first-order valence-electron chi connectivity index (χ1n) is 10.6. The van der Waals surface area contributed by atoms with Crippen LogP contribution in [0.2, 0.25) is 5.31 Å². The molecular weight excluding hydrogens is 359 g/mol. The van der Waals surface area contributed by atoms with Gasteiger partial charge in [0.05, 0.1) is 0 Å².